The quantitative estimate of drug-likeness (QED) is 0.762. The normalized spacial score (nSPS) is 35.2. The first-order valence-corrected chi connectivity index (χ1v) is 9.02. The van der Waals surface area contributed by atoms with Crippen molar-refractivity contribution in [1.29, 1.82) is 0 Å². The molecule has 0 amide bonds. The van der Waals surface area contributed by atoms with Crippen LogP contribution in [0.2, 0.25) is 0 Å². The summed E-state index contributed by atoms with van der Waals surface area (Å²) in [5.74, 6) is 2.30. The minimum atomic E-state index is 0.280. The summed E-state index contributed by atoms with van der Waals surface area (Å²) in [4.78, 5) is 14.9. The van der Waals surface area contributed by atoms with Gasteiger partial charge in [-0.2, -0.15) is 0 Å². The van der Waals surface area contributed by atoms with Gasteiger partial charge < -0.3 is 4.90 Å². The van der Waals surface area contributed by atoms with Crippen molar-refractivity contribution < 1.29 is 4.79 Å². The number of ketones is 1. The van der Waals surface area contributed by atoms with E-state index in [1.54, 1.807) is 0 Å². The Balaban J connectivity index is 1.94. The van der Waals surface area contributed by atoms with Crippen LogP contribution in [0.25, 0.3) is 0 Å². The molecule has 2 fully saturated rings. The van der Waals surface area contributed by atoms with E-state index in [9.17, 15) is 4.79 Å². The van der Waals surface area contributed by atoms with Gasteiger partial charge in [-0.1, -0.05) is 40.5 Å². The number of carbonyl (C=O) groups is 1. The van der Waals surface area contributed by atoms with Gasteiger partial charge in [0.05, 0.1) is 0 Å². The van der Waals surface area contributed by atoms with E-state index < -0.39 is 0 Å². The molecule has 0 aliphatic heterocycles. The van der Waals surface area contributed by atoms with Gasteiger partial charge in [0.25, 0.3) is 0 Å². The van der Waals surface area contributed by atoms with Gasteiger partial charge in [0, 0.05) is 24.9 Å². The highest BCUT2D eigenvalue weighted by Gasteiger charge is 2.36. The minimum absolute atomic E-state index is 0.280. The minimum Gasteiger partial charge on any atom is -0.302 e. The van der Waals surface area contributed by atoms with E-state index in [0.717, 1.165) is 31.7 Å². The van der Waals surface area contributed by atoms with Crippen LogP contribution in [-0.2, 0) is 4.79 Å². The molecule has 0 spiro atoms. The van der Waals surface area contributed by atoms with Crippen molar-refractivity contribution in [3.63, 3.8) is 0 Å². The molecule has 0 bridgehead atoms. The number of carbonyl (C=O) groups excluding carboxylic acids is 1. The number of rotatable bonds is 3. The predicted molar refractivity (Wildman–Crippen MR) is 89.3 cm³/mol. The zero-order chi connectivity index (χ0) is 15.6. The molecule has 0 N–H and O–H groups in total. The zero-order valence-electron chi connectivity index (χ0n) is 14.8. The lowest BCUT2D eigenvalue weighted by atomic mass is 9.68. The lowest BCUT2D eigenvalue weighted by molar-refractivity contribution is -0.127. The van der Waals surface area contributed by atoms with Crippen molar-refractivity contribution >= 4 is 5.78 Å². The Morgan fingerprint density at radius 3 is 2.43 bits per heavy atom. The monoisotopic (exact) mass is 293 g/mol. The first-order chi connectivity index (χ1) is 9.79. The summed E-state index contributed by atoms with van der Waals surface area (Å²) in [6.45, 7) is 10.4. The number of hydrogen-bond donors (Lipinski definition) is 0. The molecular formula is C19H35NO. The van der Waals surface area contributed by atoms with Crippen molar-refractivity contribution in [3.8, 4) is 0 Å². The summed E-state index contributed by atoms with van der Waals surface area (Å²) in [5.41, 5.74) is 0.343. The SMILES string of the molecule is CC1CCCCC1N(C)CC1CC(C(C)(C)C)CCC1=O. The summed E-state index contributed by atoms with van der Waals surface area (Å²) in [6, 6.07) is 0.696. The Hall–Kier alpha value is -0.370. The average Bonchev–Trinajstić information content (AvgIpc) is 2.40. The van der Waals surface area contributed by atoms with Crippen molar-refractivity contribution in [2.75, 3.05) is 13.6 Å². The molecule has 2 aliphatic rings. The van der Waals surface area contributed by atoms with Crippen molar-refractivity contribution in [3.05, 3.63) is 0 Å². The zero-order valence-corrected chi connectivity index (χ0v) is 14.8. The first kappa shape index (κ1) is 17.0. The molecule has 2 rings (SSSR count). The highest BCUT2D eigenvalue weighted by Crippen LogP contribution is 2.39. The third-order valence-electron chi connectivity index (χ3n) is 6.13. The first-order valence-electron chi connectivity index (χ1n) is 9.02. The molecule has 2 aliphatic carbocycles. The maximum Gasteiger partial charge on any atom is 0.137 e. The van der Waals surface area contributed by atoms with Crippen LogP contribution >= 0.6 is 0 Å². The second-order valence-electron chi connectivity index (χ2n) is 8.77. The summed E-state index contributed by atoms with van der Waals surface area (Å²) >= 11 is 0. The standard InChI is InChI=1S/C19H35NO/c1-14-8-6-7-9-17(14)20(5)13-15-12-16(19(2,3)4)10-11-18(15)21/h14-17H,6-13H2,1-5H3. The Morgan fingerprint density at radius 2 is 1.81 bits per heavy atom. The highest BCUT2D eigenvalue weighted by atomic mass is 16.1. The van der Waals surface area contributed by atoms with Crippen LogP contribution in [-0.4, -0.2) is 30.3 Å². The predicted octanol–water partition coefficient (Wildman–Crippen LogP) is 4.53. The molecule has 0 saturated heterocycles. The van der Waals surface area contributed by atoms with Crippen molar-refractivity contribution in [1.82, 2.24) is 4.90 Å². The van der Waals surface area contributed by atoms with E-state index in [2.05, 4.69) is 39.6 Å². The van der Waals surface area contributed by atoms with Gasteiger partial charge in [0.1, 0.15) is 5.78 Å². The maximum atomic E-state index is 12.3. The molecule has 2 heteroatoms. The second-order valence-corrected chi connectivity index (χ2v) is 8.77. The Kier molecular flexibility index (Phi) is 5.51. The van der Waals surface area contributed by atoms with E-state index in [0.29, 0.717) is 23.2 Å². The van der Waals surface area contributed by atoms with Crippen LogP contribution in [0.1, 0.15) is 72.6 Å². The van der Waals surface area contributed by atoms with Gasteiger partial charge >= 0.3 is 0 Å². The largest absolute Gasteiger partial charge is 0.302 e. The van der Waals surface area contributed by atoms with Gasteiger partial charge in [-0.3, -0.25) is 4.79 Å². The maximum absolute atomic E-state index is 12.3. The van der Waals surface area contributed by atoms with Gasteiger partial charge in [0.2, 0.25) is 0 Å². The molecule has 21 heavy (non-hydrogen) atoms. The van der Waals surface area contributed by atoms with E-state index >= 15 is 0 Å². The molecular weight excluding hydrogens is 258 g/mol. The molecule has 0 heterocycles. The Labute approximate surface area is 131 Å². The molecule has 0 aromatic heterocycles. The summed E-state index contributed by atoms with van der Waals surface area (Å²) in [7, 11) is 2.25. The number of nitrogens with zero attached hydrogens (tertiary/aromatic N) is 1. The van der Waals surface area contributed by atoms with Crippen LogP contribution in [0, 0.1) is 23.2 Å². The topological polar surface area (TPSA) is 20.3 Å². The van der Waals surface area contributed by atoms with Crippen molar-refractivity contribution in [2.24, 2.45) is 23.2 Å². The molecule has 0 aromatic rings. The molecule has 0 aromatic carbocycles. The Morgan fingerprint density at radius 1 is 1.14 bits per heavy atom. The smallest absolute Gasteiger partial charge is 0.137 e. The lowest BCUT2D eigenvalue weighted by Crippen LogP contribution is -2.44. The van der Waals surface area contributed by atoms with Crippen LogP contribution < -0.4 is 0 Å². The lowest BCUT2D eigenvalue weighted by Gasteiger charge is -2.41. The van der Waals surface area contributed by atoms with E-state index in [1.165, 1.54) is 25.7 Å². The fourth-order valence-electron chi connectivity index (χ4n) is 4.51. The van der Waals surface area contributed by atoms with Gasteiger partial charge in [0.15, 0.2) is 0 Å². The summed E-state index contributed by atoms with van der Waals surface area (Å²) in [6.07, 6.45) is 8.44. The number of hydrogen-bond acceptors (Lipinski definition) is 2. The van der Waals surface area contributed by atoms with Crippen LogP contribution in [0.15, 0.2) is 0 Å². The second kappa shape index (κ2) is 6.81. The number of Topliss-reactive ketones (excluding diaryl/α,β-unsaturated/α-hetero) is 1. The fraction of sp³-hybridized carbons (Fsp3) is 0.947. The van der Waals surface area contributed by atoms with Crippen LogP contribution in [0.3, 0.4) is 0 Å². The molecule has 0 radical (unpaired) electrons. The average molecular weight is 293 g/mol. The molecule has 2 nitrogen and oxygen atoms in total. The molecule has 4 unspecified atom stereocenters. The van der Waals surface area contributed by atoms with Crippen LogP contribution in [0.5, 0.6) is 0 Å². The van der Waals surface area contributed by atoms with E-state index in [1.807, 2.05) is 0 Å². The fourth-order valence-corrected chi connectivity index (χ4v) is 4.51. The van der Waals surface area contributed by atoms with Crippen molar-refractivity contribution in [2.45, 2.75) is 78.7 Å². The van der Waals surface area contributed by atoms with Gasteiger partial charge in [-0.15, -0.1) is 0 Å². The van der Waals surface area contributed by atoms with E-state index in [-0.39, 0.29) is 5.92 Å². The van der Waals surface area contributed by atoms with E-state index in [4.69, 9.17) is 0 Å². The third-order valence-corrected chi connectivity index (χ3v) is 6.13. The third kappa shape index (κ3) is 4.31. The van der Waals surface area contributed by atoms with Gasteiger partial charge in [-0.25, -0.2) is 0 Å². The molecule has 122 valence electrons. The summed E-state index contributed by atoms with van der Waals surface area (Å²) in [5, 5.41) is 0. The molecule has 2 saturated carbocycles. The summed E-state index contributed by atoms with van der Waals surface area (Å²) < 4.78 is 0. The highest BCUT2D eigenvalue weighted by molar-refractivity contribution is 5.82. The van der Waals surface area contributed by atoms with Gasteiger partial charge in [-0.05, 0) is 50.0 Å². The van der Waals surface area contributed by atoms with Crippen LogP contribution in [0.4, 0.5) is 0 Å². The molecule has 4 atom stereocenters. The Bertz CT molecular complexity index is 357.